The number of hydrogen-bond donors (Lipinski definition) is 2. The number of imidazole rings is 1. The van der Waals surface area contributed by atoms with Gasteiger partial charge in [-0.05, 0) is 11.6 Å². The lowest BCUT2D eigenvalue weighted by Gasteiger charge is -2.00. The van der Waals surface area contributed by atoms with E-state index in [4.69, 9.17) is 0 Å². The summed E-state index contributed by atoms with van der Waals surface area (Å²) in [4.78, 5) is 11.0. The third-order valence-corrected chi connectivity index (χ3v) is 3.54. The molecule has 3 nitrogen and oxygen atoms in total. The van der Waals surface area contributed by atoms with Gasteiger partial charge in [-0.15, -0.1) is 0 Å². The first-order valence-corrected chi connectivity index (χ1v) is 6.38. The van der Waals surface area contributed by atoms with E-state index in [0.29, 0.717) is 0 Å². The zero-order chi connectivity index (χ0) is 12.7. The lowest BCUT2D eigenvalue weighted by Crippen LogP contribution is -1.91. The summed E-state index contributed by atoms with van der Waals surface area (Å²) >= 11 is 0. The summed E-state index contributed by atoms with van der Waals surface area (Å²) in [5.41, 5.74) is 3.66. The molecule has 0 aliphatic heterocycles. The molecule has 2 heterocycles. The van der Waals surface area contributed by atoms with Crippen molar-refractivity contribution in [2.45, 2.75) is 6.42 Å². The van der Waals surface area contributed by atoms with E-state index in [2.05, 4.69) is 57.4 Å². The van der Waals surface area contributed by atoms with E-state index >= 15 is 0 Å². The maximum Gasteiger partial charge on any atom is 0.110 e. The Morgan fingerprint density at radius 3 is 2.74 bits per heavy atom. The standard InChI is InChI=1S/C16H13N3/c1-2-7-14-12(5-1)13-6-3-4-11(16(13)19-14)10-15-17-8-9-18-15/h1-9,19H,10H2,(H,17,18). The van der Waals surface area contributed by atoms with Gasteiger partial charge in [0.25, 0.3) is 0 Å². The Hall–Kier alpha value is -2.55. The van der Waals surface area contributed by atoms with Gasteiger partial charge in [0.2, 0.25) is 0 Å². The number of nitrogens with one attached hydrogen (secondary N) is 2. The van der Waals surface area contributed by atoms with Gasteiger partial charge < -0.3 is 9.97 Å². The molecule has 92 valence electrons. The first-order chi connectivity index (χ1) is 9.42. The molecule has 0 saturated heterocycles. The number of aromatic nitrogens is 3. The van der Waals surface area contributed by atoms with Crippen LogP contribution < -0.4 is 0 Å². The number of para-hydroxylation sites is 2. The fourth-order valence-electron chi connectivity index (χ4n) is 2.66. The molecule has 2 aromatic heterocycles. The maximum absolute atomic E-state index is 4.30. The fourth-order valence-corrected chi connectivity index (χ4v) is 2.66. The van der Waals surface area contributed by atoms with Crippen molar-refractivity contribution in [1.29, 1.82) is 0 Å². The van der Waals surface area contributed by atoms with Gasteiger partial charge in [-0.25, -0.2) is 4.98 Å². The number of fused-ring (bicyclic) bond motifs is 3. The van der Waals surface area contributed by atoms with Crippen molar-refractivity contribution in [3.8, 4) is 0 Å². The molecule has 0 aliphatic carbocycles. The van der Waals surface area contributed by atoms with Crippen LogP contribution in [0.3, 0.4) is 0 Å². The molecular formula is C16H13N3. The molecule has 0 aliphatic rings. The molecule has 4 aromatic rings. The van der Waals surface area contributed by atoms with Crippen LogP contribution in [0.1, 0.15) is 11.4 Å². The van der Waals surface area contributed by atoms with Crippen LogP contribution in [0.4, 0.5) is 0 Å². The van der Waals surface area contributed by atoms with Gasteiger partial charge in [-0.3, -0.25) is 0 Å². The topological polar surface area (TPSA) is 44.5 Å². The highest BCUT2D eigenvalue weighted by molar-refractivity contribution is 6.08. The second-order valence-electron chi connectivity index (χ2n) is 4.72. The van der Waals surface area contributed by atoms with Gasteiger partial charge >= 0.3 is 0 Å². The zero-order valence-electron chi connectivity index (χ0n) is 10.4. The minimum atomic E-state index is 0.817. The third kappa shape index (κ3) is 1.63. The molecule has 19 heavy (non-hydrogen) atoms. The highest BCUT2D eigenvalue weighted by Gasteiger charge is 2.08. The molecule has 0 unspecified atom stereocenters. The van der Waals surface area contributed by atoms with Crippen molar-refractivity contribution in [1.82, 2.24) is 15.0 Å². The van der Waals surface area contributed by atoms with Crippen LogP contribution in [0.2, 0.25) is 0 Å². The second-order valence-corrected chi connectivity index (χ2v) is 4.72. The number of H-pyrrole nitrogens is 2. The van der Waals surface area contributed by atoms with Gasteiger partial charge in [0.05, 0.1) is 5.52 Å². The van der Waals surface area contributed by atoms with Gasteiger partial charge in [0.1, 0.15) is 5.82 Å². The van der Waals surface area contributed by atoms with Crippen LogP contribution in [-0.2, 0) is 6.42 Å². The molecule has 0 bridgehead atoms. The monoisotopic (exact) mass is 247 g/mol. The molecule has 0 atom stereocenters. The quantitative estimate of drug-likeness (QED) is 0.558. The maximum atomic E-state index is 4.30. The summed E-state index contributed by atoms with van der Waals surface area (Å²) < 4.78 is 0. The van der Waals surface area contributed by atoms with Crippen LogP contribution in [0.5, 0.6) is 0 Å². The minimum absolute atomic E-state index is 0.817. The summed E-state index contributed by atoms with van der Waals surface area (Å²) in [5.74, 6) is 0.992. The van der Waals surface area contributed by atoms with E-state index < -0.39 is 0 Å². The van der Waals surface area contributed by atoms with Gasteiger partial charge in [-0.2, -0.15) is 0 Å². The number of aromatic amines is 2. The predicted molar refractivity (Wildman–Crippen MR) is 77.2 cm³/mol. The van der Waals surface area contributed by atoms with Crippen molar-refractivity contribution in [3.05, 3.63) is 66.2 Å². The summed E-state index contributed by atoms with van der Waals surface area (Å²) in [6, 6.07) is 14.8. The molecule has 0 spiro atoms. The van der Waals surface area contributed by atoms with Crippen LogP contribution in [0.25, 0.3) is 21.8 Å². The van der Waals surface area contributed by atoms with Crippen LogP contribution in [-0.4, -0.2) is 15.0 Å². The Balaban J connectivity index is 1.96. The Morgan fingerprint density at radius 2 is 1.84 bits per heavy atom. The highest BCUT2D eigenvalue weighted by atomic mass is 14.9. The minimum Gasteiger partial charge on any atom is -0.354 e. The summed E-state index contributed by atoms with van der Waals surface area (Å²) in [5, 5.41) is 2.55. The highest BCUT2D eigenvalue weighted by Crippen LogP contribution is 2.28. The average Bonchev–Trinajstić information content (AvgIpc) is 3.06. The largest absolute Gasteiger partial charge is 0.354 e. The lowest BCUT2D eigenvalue weighted by molar-refractivity contribution is 1.03. The SMILES string of the molecule is c1ccc2c(c1)[nH]c1c(Cc3ncc[nH]3)cccc12. The van der Waals surface area contributed by atoms with Gasteiger partial charge in [-0.1, -0.05) is 36.4 Å². The van der Waals surface area contributed by atoms with E-state index in [0.717, 1.165) is 12.2 Å². The van der Waals surface area contributed by atoms with E-state index in [1.807, 2.05) is 6.20 Å². The Labute approximate surface area is 110 Å². The number of hydrogen-bond acceptors (Lipinski definition) is 1. The smallest absolute Gasteiger partial charge is 0.110 e. The molecule has 0 saturated carbocycles. The lowest BCUT2D eigenvalue weighted by atomic mass is 10.1. The normalized spacial score (nSPS) is 11.4. The molecule has 2 N–H and O–H groups in total. The van der Waals surface area contributed by atoms with E-state index in [-0.39, 0.29) is 0 Å². The number of nitrogens with zero attached hydrogens (tertiary/aromatic N) is 1. The van der Waals surface area contributed by atoms with Crippen LogP contribution >= 0.6 is 0 Å². The van der Waals surface area contributed by atoms with E-state index in [9.17, 15) is 0 Å². The molecular weight excluding hydrogens is 234 g/mol. The zero-order valence-corrected chi connectivity index (χ0v) is 10.4. The first-order valence-electron chi connectivity index (χ1n) is 6.38. The molecule has 0 amide bonds. The Bertz CT molecular complexity index is 841. The summed E-state index contributed by atoms with van der Waals surface area (Å²) in [7, 11) is 0. The number of benzene rings is 2. The molecule has 3 heteroatoms. The van der Waals surface area contributed by atoms with Crippen molar-refractivity contribution in [3.63, 3.8) is 0 Å². The van der Waals surface area contributed by atoms with E-state index in [1.54, 1.807) is 6.20 Å². The Kier molecular flexibility index (Phi) is 2.18. The van der Waals surface area contributed by atoms with Crippen molar-refractivity contribution < 1.29 is 0 Å². The number of rotatable bonds is 2. The van der Waals surface area contributed by atoms with Crippen molar-refractivity contribution >= 4 is 21.8 Å². The molecule has 0 radical (unpaired) electrons. The first kappa shape index (κ1) is 10.4. The average molecular weight is 247 g/mol. The van der Waals surface area contributed by atoms with Crippen LogP contribution in [0.15, 0.2) is 54.9 Å². The molecule has 4 rings (SSSR count). The second kappa shape index (κ2) is 3.99. The van der Waals surface area contributed by atoms with E-state index in [1.165, 1.54) is 27.4 Å². The summed E-state index contributed by atoms with van der Waals surface area (Å²) in [6.45, 7) is 0. The van der Waals surface area contributed by atoms with Gasteiger partial charge in [0, 0.05) is 35.1 Å². The van der Waals surface area contributed by atoms with Crippen molar-refractivity contribution in [2.24, 2.45) is 0 Å². The summed E-state index contributed by atoms with van der Waals surface area (Å²) in [6.07, 6.45) is 4.47. The third-order valence-electron chi connectivity index (χ3n) is 3.54. The molecule has 0 fully saturated rings. The van der Waals surface area contributed by atoms with Gasteiger partial charge in [0.15, 0.2) is 0 Å². The van der Waals surface area contributed by atoms with Crippen molar-refractivity contribution in [2.75, 3.05) is 0 Å². The predicted octanol–water partition coefficient (Wildman–Crippen LogP) is 3.64. The molecule has 2 aromatic carbocycles. The fraction of sp³-hybridized carbons (Fsp3) is 0.0625. The van der Waals surface area contributed by atoms with Crippen LogP contribution in [0, 0.1) is 0 Å². The Morgan fingerprint density at radius 1 is 0.947 bits per heavy atom.